The summed E-state index contributed by atoms with van der Waals surface area (Å²) in [5.74, 6) is 1.29. The number of ketones is 1. The number of hydrogen-bond donors (Lipinski definition) is 0. The highest BCUT2D eigenvalue weighted by Crippen LogP contribution is 2.40. The number of fused-ring (bicyclic) bond motifs is 2. The first-order valence-electron chi connectivity index (χ1n) is 6.93. The largest absolute Gasteiger partial charge is 0.497 e. The van der Waals surface area contributed by atoms with Crippen molar-refractivity contribution >= 4 is 16.6 Å². The molecule has 1 heterocycles. The maximum Gasteiger partial charge on any atom is 0.194 e. The van der Waals surface area contributed by atoms with Crippen LogP contribution in [0.3, 0.4) is 0 Å². The highest BCUT2D eigenvalue weighted by Gasteiger charge is 2.27. The molecule has 2 aromatic carbocycles. The van der Waals surface area contributed by atoms with Crippen LogP contribution in [0, 0.1) is 0 Å². The Hall–Kier alpha value is -2.88. The van der Waals surface area contributed by atoms with E-state index < -0.39 is 0 Å². The van der Waals surface area contributed by atoms with E-state index in [-0.39, 0.29) is 5.78 Å². The lowest BCUT2D eigenvalue weighted by atomic mass is 9.85. The second-order valence-electron chi connectivity index (χ2n) is 5.17. The average Bonchev–Trinajstić information content (AvgIpc) is 2.58. The standard InChI is InChI=1S/C18H13NO3/c1-21-11-3-4-13-14(8-11)18(20)15-9-12(22-2)7-10-5-6-19-17(13)16(10)15/h3-9H,1-2H3. The van der Waals surface area contributed by atoms with E-state index in [2.05, 4.69) is 4.98 Å². The van der Waals surface area contributed by atoms with E-state index in [0.29, 0.717) is 22.6 Å². The maximum absolute atomic E-state index is 12.9. The molecular formula is C18H13NO3. The monoisotopic (exact) mass is 291 g/mol. The maximum atomic E-state index is 12.9. The molecule has 4 nitrogen and oxygen atoms in total. The van der Waals surface area contributed by atoms with Crippen molar-refractivity contribution in [1.82, 2.24) is 4.98 Å². The molecule has 0 bridgehead atoms. The summed E-state index contributed by atoms with van der Waals surface area (Å²) in [6.07, 6.45) is 1.75. The molecule has 22 heavy (non-hydrogen) atoms. The fourth-order valence-corrected chi connectivity index (χ4v) is 2.98. The van der Waals surface area contributed by atoms with Gasteiger partial charge in [-0.2, -0.15) is 0 Å². The lowest BCUT2D eigenvalue weighted by Gasteiger charge is -2.20. The molecule has 0 atom stereocenters. The summed E-state index contributed by atoms with van der Waals surface area (Å²) < 4.78 is 10.5. The highest BCUT2D eigenvalue weighted by atomic mass is 16.5. The number of benzene rings is 2. The number of methoxy groups -OCH3 is 2. The third kappa shape index (κ3) is 1.64. The number of ether oxygens (including phenoxy) is 2. The Bertz CT molecular complexity index is 931. The van der Waals surface area contributed by atoms with E-state index in [1.165, 1.54) is 0 Å². The molecule has 0 radical (unpaired) electrons. The van der Waals surface area contributed by atoms with Crippen LogP contribution >= 0.6 is 0 Å². The van der Waals surface area contributed by atoms with E-state index in [0.717, 1.165) is 22.0 Å². The van der Waals surface area contributed by atoms with E-state index >= 15 is 0 Å². The van der Waals surface area contributed by atoms with Crippen molar-refractivity contribution in [3.05, 3.63) is 53.7 Å². The van der Waals surface area contributed by atoms with Gasteiger partial charge in [0.2, 0.25) is 0 Å². The van der Waals surface area contributed by atoms with Gasteiger partial charge in [-0.1, -0.05) is 0 Å². The Kier molecular flexibility index (Phi) is 2.66. The smallest absolute Gasteiger partial charge is 0.194 e. The Morgan fingerprint density at radius 3 is 2.41 bits per heavy atom. The summed E-state index contributed by atoms with van der Waals surface area (Å²) in [5, 5.41) is 1.83. The molecule has 1 aromatic heterocycles. The Balaban J connectivity index is 2.13. The zero-order chi connectivity index (χ0) is 15.3. The van der Waals surface area contributed by atoms with Crippen molar-refractivity contribution in [1.29, 1.82) is 0 Å². The fourth-order valence-electron chi connectivity index (χ4n) is 2.98. The number of nitrogens with zero attached hydrogens (tertiary/aromatic N) is 1. The summed E-state index contributed by atoms with van der Waals surface area (Å²) in [6, 6.07) is 11.1. The molecule has 4 heteroatoms. The van der Waals surface area contributed by atoms with Gasteiger partial charge in [0.25, 0.3) is 0 Å². The second-order valence-corrected chi connectivity index (χ2v) is 5.17. The Labute approximate surface area is 127 Å². The topological polar surface area (TPSA) is 48.4 Å². The Morgan fingerprint density at radius 1 is 0.864 bits per heavy atom. The van der Waals surface area contributed by atoms with Crippen LogP contribution in [-0.2, 0) is 0 Å². The molecule has 0 amide bonds. The van der Waals surface area contributed by atoms with Crippen LogP contribution < -0.4 is 9.47 Å². The van der Waals surface area contributed by atoms with E-state index in [4.69, 9.17) is 9.47 Å². The number of aromatic nitrogens is 1. The Morgan fingerprint density at radius 2 is 1.64 bits per heavy atom. The molecule has 1 aliphatic rings. The first kappa shape index (κ1) is 12.8. The minimum absolute atomic E-state index is 0.0294. The number of rotatable bonds is 2. The SMILES string of the molecule is COc1ccc2c(c1)C(=O)c1cc(OC)cc3ccnc-2c13. The van der Waals surface area contributed by atoms with Gasteiger partial charge in [-0.3, -0.25) is 9.78 Å². The zero-order valence-electron chi connectivity index (χ0n) is 12.2. The first-order chi connectivity index (χ1) is 10.7. The molecule has 0 saturated carbocycles. The van der Waals surface area contributed by atoms with Crippen molar-refractivity contribution in [2.24, 2.45) is 0 Å². The van der Waals surface area contributed by atoms with Crippen LogP contribution in [0.15, 0.2) is 42.6 Å². The third-order valence-corrected chi connectivity index (χ3v) is 4.04. The molecule has 0 saturated heterocycles. The van der Waals surface area contributed by atoms with Gasteiger partial charge in [0.15, 0.2) is 5.78 Å². The van der Waals surface area contributed by atoms with Gasteiger partial charge < -0.3 is 9.47 Å². The first-order valence-corrected chi connectivity index (χ1v) is 6.93. The normalized spacial score (nSPS) is 12.2. The molecule has 1 aliphatic carbocycles. The number of pyridine rings is 1. The highest BCUT2D eigenvalue weighted by molar-refractivity contribution is 6.25. The van der Waals surface area contributed by atoms with Crippen LogP contribution in [0.4, 0.5) is 0 Å². The van der Waals surface area contributed by atoms with Crippen LogP contribution in [-0.4, -0.2) is 25.0 Å². The lowest BCUT2D eigenvalue weighted by Crippen LogP contribution is -2.11. The second kappa shape index (κ2) is 4.56. The van der Waals surface area contributed by atoms with Crippen molar-refractivity contribution in [3.8, 4) is 22.8 Å². The molecule has 0 N–H and O–H groups in total. The number of carbonyl (C=O) groups is 1. The van der Waals surface area contributed by atoms with Gasteiger partial charge in [-0.25, -0.2) is 0 Å². The van der Waals surface area contributed by atoms with Crippen LogP contribution in [0.2, 0.25) is 0 Å². The summed E-state index contributed by atoms with van der Waals surface area (Å²) >= 11 is 0. The van der Waals surface area contributed by atoms with Crippen LogP contribution in [0.1, 0.15) is 15.9 Å². The van der Waals surface area contributed by atoms with Gasteiger partial charge in [0, 0.05) is 28.3 Å². The fraction of sp³-hybridized carbons (Fsp3) is 0.111. The average molecular weight is 291 g/mol. The molecule has 108 valence electrons. The summed E-state index contributed by atoms with van der Waals surface area (Å²) in [5.41, 5.74) is 2.90. The van der Waals surface area contributed by atoms with Gasteiger partial charge in [-0.05, 0) is 41.8 Å². The van der Waals surface area contributed by atoms with Crippen molar-refractivity contribution in [2.45, 2.75) is 0 Å². The zero-order valence-corrected chi connectivity index (χ0v) is 12.2. The quantitative estimate of drug-likeness (QED) is 0.567. The summed E-state index contributed by atoms with van der Waals surface area (Å²) in [4.78, 5) is 17.4. The molecule has 3 aromatic rings. The van der Waals surface area contributed by atoms with Crippen molar-refractivity contribution in [3.63, 3.8) is 0 Å². The summed E-state index contributed by atoms with van der Waals surface area (Å²) in [6.45, 7) is 0. The molecule has 0 aliphatic heterocycles. The van der Waals surface area contributed by atoms with Gasteiger partial charge in [-0.15, -0.1) is 0 Å². The van der Waals surface area contributed by atoms with E-state index in [9.17, 15) is 4.79 Å². The molecule has 4 rings (SSSR count). The number of carbonyl (C=O) groups excluding carboxylic acids is 1. The van der Waals surface area contributed by atoms with Crippen LogP contribution in [0.5, 0.6) is 11.5 Å². The van der Waals surface area contributed by atoms with Gasteiger partial charge in [0.05, 0.1) is 19.9 Å². The molecular weight excluding hydrogens is 278 g/mol. The van der Waals surface area contributed by atoms with Crippen LogP contribution in [0.25, 0.3) is 22.0 Å². The minimum atomic E-state index is -0.0294. The molecule has 0 spiro atoms. The van der Waals surface area contributed by atoms with E-state index in [1.807, 2.05) is 24.3 Å². The summed E-state index contributed by atoms with van der Waals surface area (Å²) in [7, 11) is 3.19. The predicted molar refractivity (Wildman–Crippen MR) is 83.7 cm³/mol. The number of hydrogen-bond acceptors (Lipinski definition) is 4. The van der Waals surface area contributed by atoms with Crippen molar-refractivity contribution < 1.29 is 14.3 Å². The lowest BCUT2D eigenvalue weighted by molar-refractivity contribution is 0.103. The predicted octanol–water partition coefficient (Wildman–Crippen LogP) is 3.46. The van der Waals surface area contributed by atoms with Gasteiger partial charge in [0.1, 0.15) is 11.5 Å². The molecule has 0 unspecified atom stereocenters. The van der Waals surface area contributed by atoms with Crippen molar-refractivity contribution in [2.75, 3.05) is 14.2 Å². The van der Waals surface area contributed by atoms with Gasteiger partial charge >= 0.3 is 0 Å². The third-order valence-electron chi connectivity index (χ3n) is 4.04. The molecule has 0 fully saturated rings. The minimum Gasteiger partial charge on any atom is -0.497 e. The van der Waals surface area contributed by atoms with E-state index in [1.54, 1.807) is 32.5 Å².